The SMILES string of the molecule is O=C(NCCc1ccncc1)c1ccc(CN2CCCCC2)cc1. The number of rotatable bonds is 6. The van der Waals surface area contributed by atoms with Crippen LogP contribution >= 0.6 is 0 Å². The molecule has 1 aromatic heterocycles. The first-order valence-electron chi connectivity index (χ1n) is 8.80. The van der Waals surface area contributed by atoms with E-state index in [0.717, 1.165) is 18.5 Å². The lowest BCUT2D eigenvalue weighted by molar-refractivity contribution is 0.0954. The normalized spacial score (nSPS) is 15.2. The predicted octanol–water partition coefficient (Wildman–Crippen LogP) is 3.04. The van der Waals surface area contributed by atoms with Gasteiger partial charge < -0.3 is 5.32 Å². The number of nitrogens with zero attached hydrogens (tertiary/aromatic N) is 2. The van der Waals surface area contributed by atoms with Gasteiger partial charge in [-0.05, 0) is 67.7 Å². The van der Waals surface area contributed by atoms with Gasteiger partial charge in [0.15, 0.2) is 0 Å². The summed E-state index contributed by atoms with van der Waals surface area (Å²) in [7, 11) is 0. The number of hydrogen-bond acceptors (Lipinski definition) is 3. The Balaban J connectivity index is 1.46. The van der Waals surface area contributed by atoms with Gasteiger partial charge in [0.2, 0.25) is 0 Å². The van der Waals surface area contributed by atoms with Crippen LogP contribution in [0.4, 0.5) is 0 Å². The van der Waals surface area contributed by atoms with Gasteiger partial charge in [-0.2, -0.15) is 0 Å². The monoisotopic (exact) mass is 323 g/mol. The topological polar surface area (TPSA) is 45.2 Å². The maximum absolute atomic E-state index is 12.2. The molecule has 1 aliphatic rings. The molecule has 126 valence electrons. The lowest BCUT2D eigenvalue weighted by Crippen LogP contribution is -2.29. The first kappa shape index (κ1) is 16.7. The molecule has 24 heavy (non-hydrogen) atoms. The largest absolute Gasteiger partial charge is 0.352 e. The van der Waals surface area contributed by atoms with Gasteiger partial charge in [-0.3, -0.25) is 14.7 Å². The number of amides is 1. The Morgan fingerprint density at radius 1 is 0.958 bits per heavy atom. The van der Waals surface area contributed by atoms with Crippen molar-refractivity contribution >= 4 is 5.91 Å². The fraction of sp³-hybridized carbons (Fsp3) is 0.400. The van der Waals surface area contributed by atoms with E-state index >= 15 is 0 Å². The van der Waals surface area contributed by atoms with Crippen molar-refractivity contribution in [2.24, 2.45) is 0 Å². The Kier molecular flexibility index (Phi) is 5.96. The van der Waals surface area contributed by atoms with E-state index < -0.39 is 0 Å². The number of carbonyl (C=O) groups is 1. The molecule has 1 N–H and O–H groups in total. The molecular formula is C20H25N3O. The van der Waals surface area contributed by atoms with E-state index in [9.17, 15) is 4.79 Å². The summed E-state index contributed by atoms with van der Waals surface area (Å²) < 4.78 is 0. The van der Waals surface area contributed by atoms with E-state index in [1.807, 2.05) is 24.3 Å². The molecular weight excluding hydrogens is 298 g/mol. The first-order valence-corrected chi connectivity index (χ1v) is 8.80. The summed E-state index contributed by atoms with van der Waals surface area (Å²) in [5, 5.41) is 2.98. The molecule has 1 saturated heterocycles. The molecule has 3 rings (SSSR count). The van der Waals surface area contributed by atoms with E-state index in [1.54, 1.807) is 12.4 Å². The lowest BCUT2D eigenvalue weighted by Gasteiger charge is -2.26. The number of carbonyl (C=O) groups excluding carboxylic acids is 1. The molecule has 1 fully saturated rings. The van der Waals surface area contributed by atoms with Crippen molar-refractivity contribution in [2.75, 3.05) is 19.6 Å². The molecule has 0 unspecified atom stereocenters. The minimum absolute atomic E-state index is 0.00595. The smallest absolute Gasteiger partial charge is 0.251 e. The van der Waals surface area contributed by atoms with Crippen LogP contribution in [0.15, 0.2) is 48.8 Å². The molecule has 0 bridgehead atoms. The Morgan fingerprint density at radius 3 is 2.38 bits per heavy atom. The molecule has 0 saturated carbocycles. The van der Waals surface area contributed by atoms with Gasteiger partial charge in [-0.25, -0.2) is 0 Å². The molecule has 0 aliphatic carbocycles. The maximum atomic E-state index is 12.2. The van der Waals surface area contributed by atoms with Crippen molar-refractivity contribution in [1.82, 2.24) is 15.2 Å². The van der Waals surface area contributed by atoms with E-state index in [1.165, 1.54) is 43.5 Å². The number of aromatic nitrogens is 1. The molecule has 0 atom stereocenters. The second-order valence-electron chi connectivity index (χ2n) is 6.40. The molecule has 0 spiro atoms. The van der Waals surface area contributed by atoms with E-state index in [2.05, 4.69) is 27.3 Å². The number of benzene rings is 1. The van der Waals surface area contributed by atoms with Crippen molar-refractivity contribution in [3.05, 3.63) is 65.5 Å². The minimum Gasteiger partial charge on any atom is -0.352 e. The molecule has 4 nitrogen and oxygen atoms in total. The minimum atomic E-state index is -0.00595. The Morgan fingerprint density at radius 2 is 1.67 bits per heavy atom. The Labute approximate surface area is 143 Å². The van der Waals surface area contributed by atoms with Gasteiger partial charge in [0.1, 0.15) is 0 Å². The number of nitrogens with one attached hydrogen (secondary N) is 1. The Bertz CT molecular complexity index is 634. The zero-order chi connectivity index (χ0) is 16.6. The van der Waals surface area contributed by atoms with Crippen LogP contribution in [0.3, 0.4) is 0 Å². The maximum Gasteiger partial charge on any atom is 0.251 e. The zero-order valence-corrected chi connectivity index (χ0v) is 14.1. The van der Waals surface area contributed by atoms with Crippen LogP contribution in [-0.4, -0.2) is 35.4 Å². The fourth-order valence-electron chi connectivity index (χ4n) is 3.11. The Hall–Kier alpha value is -2.20. The highest BCUT2D eigenvalue weighted by molar-refractivity contribution is 5.94. The van der Waals surface area contributed by atoms with Crippen LogP contribution in [0.2, 0.25) is 0 Å². The van der Waals surface area contributed by atoms with Crippen molar-refractivity contribution < 1.29 is 4.79 Å². The summed E-state index contributed by atoms with van der Waals surface area (Å²) in [5.74, 6) is -0.00595. The van der Waals surface area contributed by atoms with Crippen LogP contribution in [-0.2, 0) is 13.0 Å². The molecule has 2 heterocycles. The summed E-state index contributed by atoms with van der Waals surface area (Å²) in [6.45, 7) is 4.01. The second-order valence-corrected chi connectivity index (χ2v) is 6.40. The van der Waals surface area contributed by atoms with Crippen molar-refractivity contribution in [1.29, 1.82) is 0 Å². The first-order chi connectivity index (χ1) is 11.8. The summed E-state index contributed by atoms with van der Waals surface area (Å²) in [6, 6.07) is 12.0. The standard InChI is InChI=1S/C20H25N3O/c24-20(22-13-10-17-8-11-21-12-9-17)19-6-4-18(5-7-19)16-23-14-2-1-3-15-23/h4-9,11-12H,1-3,10,13-16H2,(H,22,24). The number of hydrogen-bond donors (Lipinski definition) is 1. The third-order valence-electron chi connectivity index (χ3n) is 4.52. The molecule has 1 aliphatic heterocycles. The van der Waals surface area contributed by atoms with Gasteiger partial charge in [0.25, 0.3) is 5.91 Å². The van der Waals surface area contributed by atoms with E-state index in [-0.39, 0.29) is 5.91 Å². The average Bonchev–Trinajstić information content (AvgIpc) is 2.64. The molecule has 0 radical (unpaired) electrons. The summed E-state index contributed by atoms with van der Waals surface area (Å²) in [6.07, 6.45) is 8.34. The predicted molar refractivity (Wildman–Crippen MR) is 95.8 cm³/mol. The lowest BCUT2D eigenvalue weighted by atomic mass is 10.1. The number of piperidine rings is 1. The van der Waals surface area contributed by atoms with Crippen LogP contribution in [0.1, 0.15) is 40.7 Å². The van der Waals surface area contributed by atoms with Gasteiger partial charge >= 0.3 is 0 Å². The van der Waals surface area contributed by atoms with Crippen molar-refractivity contribution in [3.8, 4) is 0 Å². The zero-order valence-electron chi connectivity index (χ0n) is 14.1. The van der Waals surface area contributed by atoms with E-state index in [4.69, 9.17) is 0 Å². The fourth-order valence-corrected chi connectivity index (χ4v) is 3.11. The number of pyridine rings is 1. The van der Waals surface area contributed by atoms with Crippen LogP contribution in [0, 0.1) is 0 Å². The number of likely N-dealkylation sites (tertiary alicyclic amines) is 1. The molecule has 4 heteroatoms. The van der Waals surface area contributed by atoms with Gasteiger partial charge in [-0.15, -0.1) is 0 Å². The summed E-state index contributed by atoms with van der Waals surface area (Å²) in [5.41, 5.74) is 3.19. The summed E-state index contributed by atoms with van der Waals surface area (Å²) >= 11 is 0. The molecule has 2 aromatic rings. The highest BCUT2D eigenvalue weighted by Crippen LogP contribution is 2.13. The second kappa shape index (κ2) is 8.60. The van der Waals surface area contributed by atoms with Crippen molar-refractivity contribution in [2.45, 2.75) is 32.2 Å². The van der Waals surface area contributed by atoms with Crippen LogP contribution in [0.5, 0.6) is 0 Å². The quantitative estimate of drug-likeness (QED) is 0.889. The van der Waals surface area contributed by atoms with Gasteiger partial charge in [0.05, 0.1) is 0 Å². The van der Waals surface area contributed by atoms with Crippen LogP contribution in [0.25, 0.3) is 0 Å². The van der Waals surface area contributed by atoms with Crippen molar-refractivity contribution in [3.63, 3.8) is 0 Å². The highest BCUT2D eigenvalue weighted by Gasteiger charge is 2.11. The van der Waals surface area contributed by atoms with E-state index in [0.29, 0.717) is 6.54 Å². The average molecular weight is 323 g/mol. The molecule has 1 aromatic carbocycles. The van der Waals surface area contributed by atoms with Crippen LogP contribution < -0.4 is 5.32 Å². The third kappa shape index (κ3) is 4.90. The summed E-state index contributed by atoms with van der Waals surface area (Å²) in [4.78, 5) is 18.7. The van der Waals surface area contributed by atoms with Gasteiger partial charge in [0, 0.05) is 31.0 Å². The third-order valence-corrected chi connectivity index (χ3v) is 4.52. The highest BCUT2D eigenvalue weighted by atomic mass is 16.1. The molecule has 1 amide bonds. The van der Waals surface area contributed by atoms with Gasteiger partial charge in [-0.1, -0.05) is 18.6 Å².